The molecule has 0 atom stereocenters. The maximum atomic E-state index is 9.22. The van der Waals surface area contributed by atoms with Gasteiger partial charge in [0, 0.05) is 27.5 Å². The molecule has 0 aliphatic rings. The Kier molecular flexibility index (Phi) is 4.88. The van der Waals surface area contributed by atoms with Crippen molar-refractivity contribution >= 4 is 49.8 Å². The molecule has 0 spiro atoms. The molecule has 0 saturated heterocycles. The second kappa shape index (κ2) is 10.1. The molecular weight excluding hydrogens is 510 g/mol. The average Bonchev–Trinajstić information content (AvgIpc) is 3.48. The standard InChI is InChI=1S/C40H27NO/c1-2-9-28(10-3-1)29-17-22-33(23-18-29)41(38-15-8-12-31-11-4-5-13-35(31)38)34-24-19-30(20-25-34)32-21-26-40-37(27-32)36-14-6-7-16-39(36)42-40/h1-27H/i17D,18D,22D,23D. The van der Waals surface area contributed by atoms with Gasteiger partial charge < -0.3 is 9.32 Å². The van der Waals surface area contributed by atoms with Gasteiger partial charge in [-0.1, -0.05) is 115 Å². The number of para-hydroxylation sites is 1. The zero-order chi connectivity index (χ0) is 31.4. The van der Waals surface area contributed by atoms with E-state index in [2.05, 4.69) is 12.1 Å². The van der Waals surface area contributed by atoms with E-state index in [1.165, 1.54) is 0 Å². The molecular formula is C40H27NO. The maximum Gasteiger partial charge on any atom is 0.135 e. The van der Waals surface area contributed by atoms with E-state index in [-0.39, 0.29) is 35.4 Å². The fourth-order valence-electron chi connectivity index (χ4n) is 5.67. The first-order valence-electron chi connectivity index (χ1n) is 15.9. The number of hydrogen-bond acceptors (Lipinski definition) is 2. The summed E-state index contributed by atoms with van der Waals surface area (Å²) in [4.78, 5) is 1.86. The molecule has 1 heterocycles. The maximum absolute atomic E-state index is 9.22. The van der Waals surface area contributed by atoms with Crippen molar-refractivity contribution in [2.75, 3.05) is 4.90 Å². The molecule has 0 bridgehead atoms. The van der Waals surface area contributed by atoms with Crippen LogP contribution in [0.25, 0.3) is 55.0 Å². The molecule has 0 aliphatic heterocycles. The largest absolute Gasteiger partial charge is 0.456 e. The Morgan fingerprint density at radius 2 is 1.07 bits per heavy atom. The molecule has 0 fully saturated rings. The lowest BCUT2D eigenvalue weighted by Crippen LogP contribution is -2.10. The molecule has 0 radical (unpaired) electrons. The highest BCUT2D eigenvalue weighted by atomic mass is 16.3. The molecule has 2 heteroatoms. The highest BCUT2D eigenvalue weighted by Gasteiger charge is 2.16. The summed E-state index contributed by atoms with van der Waals surface area (Å²) < 4.78 is 42.5. The quantitative estimate of drug-likeness (QED) is 0.215. The van der Waals surface area contributed by atoms with Crippen LogP contribution in [-0.4, -0.2) is 0 Å². The Balaban J connectivity index is 1.31. The van der Waals surface area contributed by atoms with Gasteiger partial charge in [-0.3, -0.25) is 0 Å². The smallest absolute Gasteiger partial charge is 0.135 e. The monoisotopic (exact) mass is 541 g/mol. The zero-order valence-corrected chi connectivity index (χ0v) is 22.6. The van der Waals surface area contributed by atoms with Crippen molar-refractivity contribution in [3.05, 3.63) is 164 Å². The summed E-state index contributed by atoms with van der Waals surface area (Å²) >= 11 is 0. The lowest BCUT2D eigenvalue weighted by Gasteiger charge is -2.27. The first-order chi connectivity index (χ1) is 22.5. The molecule has 1 aromatic heterocycles. The molecule has 8 rings (SSSR count). The van der Waals surface area contributed by atoms with Crippen LogP contribution in [0.3, 0.4) is 0 Å². The number of furan rings is 1. The third-order valence-electron chi connectivity index (χ3n) is 7.74. The molecule has 42 heavy (non-hydrogen) atoms. The number of fused-ring (bicyclic) bond motifs is 4. The van der Waals surface area contributed by atoms with Gasteiger partial charge in [0.15, 0.2) is 0 Å². The van der Waals surface area contributed by atoms with Gasteiger partial charge in [0.2, 0.25) is 0 Å². The second-order valence-corrected chi connectivity index (χ2v) is 10.3. The topological polar surface area (TPSA) is 16.4 Å². The van der Waals surface area contributed by atoms with E-state index < -0.39 is 0 Å². The minimum atomic E-state index is -0.103. The van der Waals surface area contributed by atoms with Crippen molar-refractivity contribution in [1.82, 2.24) is 0 Å². The molecule has 0 N–H and O–H groups in total. The Bertz CT molecular complexity index is 2380. The van der Waals surface area contributed by atoms with Crippen LogP contribution in [-0.2, 0) is 0 Å². The molecule has 198 valence electrons. The van der Waals surface area contributed by atoms with Gasteiger partial charge in [0.25, 0.3) is 0 Å². The number of nitrogens with zero attached hydrogens (tertiary/aromatic N) is 1. The summed E-state index contributed by atoms with van der Waals surface area (Å²) in [7, 11) is 0. The lowest BCUT2D eigenvalue weighted by atomic mass is 10.0. The van der Waals surface area contributed by atoms with Gasteiger partial charge >= 0.3 is 0 Å². The molecule has 8 aromatic rings. The number of benzene rings is 7. The Hall–Kier alpha value is -5.60. The van der Waals surface area contributed by atoms with Crippen LogP contribution in [0.1, 0.15) is 5.48 Å². The minimum absolute atomic E-state index is 0.0790. The highest BCUT2D eigenvalue weighted by Crippen LogP contribution is 2.40. The predicted molar refractivity (Wildman–Crippen MR) is 177 cm³/mol. The van der Waals surface area contributed by atoms with Crippen molar-refractivity contribution < 1.29 is 9.90 Å². The van der Waals surface area contributed by atoms with Crippen LogP contribution in [0.4, 0.5) is 17.1 Å². The predicted octanol–water partition coefficient (Wildman–Crippen LogP) is 11.5. The van der Waals surface area contributed by atoms with Crippen molar-refractivity contribution in [3.63, 3.8) is 0 Å². The zero-order valence-electron chi connectivity index (χ0n) is 26.6. The SMILES string of the molecule is [2H]c1c([2H])c(N(c2ccc(-c3ccc4oc5ccccc5c4c3)cc2)c2cccc3ccccc23)c([2H])c([2H])c1-c1ccccc1. The summed E-state index contributed by atoms with van der Waals surface area (Å²) in [6.07, 6.45) is 0. The van der Waals surface area contributed by atoms with E-state index in [0.29, 0.717) is 5.56 Å². The molecule has 0 unspecified atom stereocenters. The lowest BCUT2D eigenvalue weighted by molar-refractivity contribution is 0.669. The Morgan fingerprint density at radius 1 is 0.429 bits per heavy atom. The van der Waals surface area contributed by atoms with Crippen LogP contribution in [0, 0.1) is 0 Å². The van der Waals surface area contributed by atoms with Crippen LogP contribution in [0.2, 0.25) is 0 Å². The third-order valence-corrected chi connectivity index (χ3v) is 7.74. The first kappa shape index (κ1) is 20.3. The van der Waals surface area contributed by atoms with Gasteiger partial charge in [-0.05, 0) is 76.1 Å². The normalized spacial score (nSPS) is 12.7. The number of hydrogen-bond donors (Lipinski definition) is 0. The third kappa shape index (κ3) is 4.22. The summed E-state index contributed by atoms with van der Waals surface area (Å²) in [5, 5.41) is 4.07. The van der Waals surface area contributed by atoms with E-state index in [4.69, 9.17) is 7.16 Å². The Morgan fingerprint density at radius 3 is 1.90 bits per heavy atom. The van der Waals surface area contributed by atoms with E-state index in [1.54, 1.807) is 0 Å². The Labute approximate surface area is 250 Å². The van der Waals surface area contributed by atoms with Crippen LogP contribution in [0.15, 0.2) is 168 Å². The van der Waals surface area contributed by atoms with Gasteiger partial charge in [-0.25, -0.2) is 0 Å². The average molecular weight is 542 g/mol. The summed E-state index contributed by atoms with van der Waals surface area (Å²) in [5.41, 5.74) is 6.37. The second-order valence-electron chi connectivity index (χ2n) is 10.3. The summed E-state index contributed by atoms with van der Waals surface area (Å²) in [6, 6.07) is 45.0. The fraction of sp³-hybridized carbons (Fsp3) is 0. The molecule has 0 amide bonds. The van der Waals surface area contributed by atoms with Crippen molar-refractivity contribution in [1.29, 1.82) is 0 Å². The van der Waals surface area contributed by atoms with Gasteiger partial charge in [-0.2, -0.15) is 0 Å². The molecule has 0 aliphatic carbocycles. The van der Waals surface area contributed by atoms with E-state index >= 15 is 0 Å². The molecule has 2 nitrogen and oxygen atoms in total. The highest BCUT2D eigenvalue weighted by molar-refractivity contribution is 6.06. The van der Waals surface area contributed by atoms with Crippen molar-refractivity contribution in [2.45, 2.75) is 0 Å². The minimum Gasteiger partial charge on any atom is -0.456 e. The summed E-state index contributed by atoms with van der Waals surface area (Å²) in [5.74, 6) is 0. The van der Waals surface area contributed by atoms with E-state index in [0.717, 1.165) is 55.2 Å². The van der Waals surface area contributed by atoms with Crippen LogP contribution < -0.4 is 4.90 Å². The van der Waals surface area contributed by atoms with E-state index in [1.807, 2.05) is 132 Å². The van der Waals surface area contributed by atoms with Gasteiger partial charge in [-0.15, -0.1) is 0 Å². The van der Waals surface area contributed by atoms with Crippen LogP contribution >= 0.6 is 0 Å². The van der Waals surface area contributed by atoms with Crippen molar-refractivity contribution in [3.8, 4) is 22.3 Å². The van der Waals surface area contributed by atoms with Gasteiger partial charge in [0.05, 0.1) is 11.2 Å². The summed E-state index contributed by atoms with van der Waals surface area (Å²) in [6.45, 7) is 0. The van der Waals surface area contributed by atoms with E-state index in [9.17, 15) is 2.74 Å². The van der Waals surface area contributed by atoms with Crippen molar-refractivity contribution in [2.24, 2.45) is 0 Å². The fourth-order valence-corrected chi connectivity index (χ4v) is 5.67. The number of rotatable bonds is 5. The van der Waals surface area contributed by atoms with Gasteiger partial charge in [0.1, 0.15) is 11.2 Å². The molecule has 7 aromatic carbocycles. The molecule has 0 saturated carbocycles. The van der Waals surface area contributed by atoms with Crippen LogP contribution in [0.5, 0.6) is 0 Å². The number of anilines is 3. The first-order valence-corrected chi connectivity index (χ1v) is 13.9.